The molecular weight excluding hydrogens is 297 g/mol. The molecule has 0 saturated carbocycles. The van der Waals surface area contributed by atoms with Gasteiger partial charge < -0.3 is 9.64 Å². The summed E-state index contributed by atoms with van der Waals surface area (Å²) in [5, 5.41) is 4.33. The minimum Gasteiger partial charge on any atom is -0.497 e. The van der Waals surface area contributed by atoms with Crippen LogP contribution in [-0.2, 0) is 0 Å². The van der Waals surface area contributed by atoms with E-state index in [0.29, 0.717) is 18.8 Å². The molecule has 1 aliphatic rings. The zero-order chi connectivity index (χ0) is 16.4. The van der Waals surface area contributed by atoms with Gasteiger partial charge in [-0.15, -0.1) is 0 Å². The van der Waals surface area contributed by atoms with Crippen LogP contribution in [0.25, 0.3) is 0 Å². The van der Waals surface area contributed by atoms with E-state index < -0.39 is 5.82 Å². The molecule has 1 amide bonds. The van der Waals surface area contributed by atoms with Gasteiger partial charge in [0, 0.05) is 25.4 Å². The highest BCUT2D eigenvalue weighted by atomic mass is 19.1. The first-order valence-electron chi connectivity index (χ1n) is 7.72. The van der Waals surface area contributed by atoms with Crippen molar-refractivity contribution in [3.8, 4) is 5.75 Å². The van der Waals surface area contributed by atoms with Crippen molar-refractivity contribution in [3.05, 3.63) is 47.5 Å². The van der Waals surface area contributed by atoms with Gasteiger partial charge in [-0.1, -0.05) is 0 Å². The Hall–Kier alpha value is -2.37. The van der Waals surface area contributed by atoms with Gasteiger partial charge in [-0.25, -0.2) is 4.39 Å². The molecule has 2 aromatic rings. The molecule has 122 valence electrons. The first-order chi connectivity index (χ1) is 11.1. The van der Waals surface area contributed by atoms with Crippen LogP contribution < -0.4 is 4.74 Å². The maximum atomic E-state index is 14.1. The quantitative estimate of drug-likeness (QED) is 0.874. The van der Waals surface area contributed by atoms with E-state index in [1.54, 1.807) is 11.0 Å². The fraction of sp³-hybridized carbons (Fsp3) is 0.412. The number of hydrogen-bond acceptors (Lipinski definition) is 3. The van der Waals surface area contributed by atoms with E-state index in [9.17, 15) is 9.18 Å². The average molecular weight is 317 g/mol. The molecule has 0 radical (unpaired) electrons. The minimum absolute atomic E-state index is 0.0862. The average Bonchev–Trinajstić information content (AvgIpc) is 3.01. The summed E-state index contributed by atoms with van der Waals surface area (Å²) < 4.78 is 21.0. The van der Waals surface area contributed by atoms with E-state index >= 15 is 0 Å². The van der Waals surface area contributed by atoms with Crippen LogP contribution in [0.2, 0.25) is 0 Å². The number of likely N-dealkylation sites (tertiary alicyclic amines) is 1. The number of carbonyl (C=O) groups is 1. The molecule has 0 N–H and O–H groups in total. The summed E-state index contributed by atoms with van der Waals surface area (Å²) in [7, 11) is 1.47. The van der Waals surface area contributed by atoms with Crippen molar-refractivity contribution in [2.45, 2.75) is 25.8 Å². The number of nitrogens with zero attached hydrogens (tertiary/aromatic N) is 3. The highest BCUT2D eigenvalue weighted by Crippen LogP contribution is 2.24. The second-order valence-corrected chi connectivity index (χ2v) is 5.89. The summed E-state index contributed by atoms with van der Waals surface area (Å²) in [6.07, 6.45) is 5.64. The molecule has 1 fully saturated rings. The Morgan fingerprint density at radius 3 is 2.91 bits per heavy atom. The summed E-state index contributed by atoms with van der Waals surface area (Å²) >= 11 is 0. The fourth-order valence-corrected chi connectivity index (χ4v) is 2.95. The smallest absolute Gasteiger partial charge is 0.256 e. The van der Waals surface area contributed by atoms with E-state index in [4.69, 9.17) is 4.74 Å². The molecule has 1 aliphatic heterocycles. The van der Waals surface area contributed by atoms with Crippen molar-refractivity contribution in [1.29, 1.82) is 0 Å². The lowest BCUT2D eigenvalue weighted by Gasteiger charge is -2.33. The Morgan fingerprint density at radius 1 is 1.43 bits per heavy atom. The van der Waals surface area contributed by atoms with Crippen LogP contribution in [0.15, 0.2) is 30.6 Å². The molecule has 0 bridgehead atoms. The number of aryl methyl sites for hydroxylation is 1. The largest absolute Gasteiger partial charge is 0.497 e. The predicted octanol–water partition coefficient (Wildman–Crippen LogP) is 2.82. The highest BCUT2D eigenvalue weighted by molar-refractivity contribution is 5.94. The normalized spacial score (nSPS) is 18.0. The SMILES string of the molecule is COc1ccc(C(=O)N2CCC[C@H](n3cc(C)cn3)C2)c(F)c1. The third kappa shape index (κ3) is 3.21. The van der Waals surface area contributed by atoms with Crippen LogP contribution in [0.3, 0.4) is 0 Å². The Morgan fingerprint density at radius 2 is 2.26 bits per heavy atom. The maximum absolute atomic E-state index is 14.1. The number of benzene rings is 1. The number of carbonyl (C=O) groups excluding carboxylic acids is 1. The zero-order valence-electron chi connectivity index (χ0n) is 13.3. The van der Waals surface area contributed by atoms with E-state index in [0.717, 1.165) is 18.4 Å². The lowest BCUT2D eigenvalue weighted by atomic mass is 10.0. The van der Waals surface area contributed by atoms with Gasteiger partial charge in [0.25, 0.3) is 5.91 Å². The molecule has 0 aliphatic carbocycles. The number of ether oxygens (including phenoxy) is 1. The van der Waals surface area contributed by atoms with Gasteiger partial charge in [0.1, 0.15) is 11.6 Å². The molecule has 3 rings (SSSR count). The van der Waals surface area contributed by atoms with Crippen molar-refractivity contribution in [2.75, 3.05) is 20.2 Å². The van der Waals surface area contributed by atoms with E-state index in [1.807, 2.05) is 24.0 Å². The number of aromatic nitrogens is 2. The van der Waals surface area contributed by atoms with Gasteiger partial charge in [-0.2, -0.15) is 5.10 Å². The summed E-state index contributed by atoms with van der Waals surface area (Å²) in [5.41, 5.74) is 1.18. The lowest BCUT2D eigenvalue weighted by molar-refractivity contribution is 0.0668. The van der Waals surface area contributed by atoms with E-state index in [-0.39, 0.29) is 17.5 Å². The number of hydrogen-bond donors (Lipinski definition) is 0. The van der Waals surface area contributed by atoms with Crippen molar-refractivity contribution in [3.63, 3.8) is 0 Å². The molecular formula is C17H20FN3O2. The number of amides is 1. The monoisotopic (exact) mass is 317 g/mol. The van der Waals surface area contributed by atoms with Gasteiger partial charge in [-0.05, 0) is 37.5 Å². The van der Waals surface area contributed by atoms with E-state index in [1.165, 1.54) is 19.2 Å². The third-order valence-electron chi connectivity index (χ3n) is 4.20. The van der Waals surface area contributed by atoms with Crippen LogP contribution in [0.5, 0.6) is 5.75 Å². The van der Waals surface area contributed by atoms with Gasteiger partial charge in [0.15, 0.2) is 0 Å². The Balaban J connectivity index is 1.77. The Labute approximate surface area is 134 Å². The molecule has 6 heteroatoms. The van der Waals surface area contributed by atoms with Gasteiger partial charge in [0.2, 0.25) is 0 Å². The molecule has 2 heterocycles. The van der Waals surface area contributed by atoms with Gasteiger partial charge >= 0.3 is 0 Å². The van der Waals surface area contributed by atoms with E-state index in [2.05, 4.69) is 5.10 Å². The van der Waals surface area contributed by atoms with Crippen molar-refractivity contribution in [1.82, 2.24) is 14.7 Å². The van der Waals surface area contributed by atoms with Crippen LogP contribution in [0.4, 0.5) is 4.39 Å². The molecule has 5 nitrogen and oxygen atoms in total. The first-order valence-corrected chi connectivity index (χ1v) is 7.72. The predicted molar refractivity (Wildman–Crippen MR) is 84.1 cm³/mol. The van der Waals surface area contributed by atoms with Crippen LogP contribution in [0, 0.1) is 12.7 Å². The Kier molecular flexibility index (Phi) is 4.32. The summed E-state index contributed by atoms with van der Waals surface area (Å²) in [5.74, 6) is -0.423. The molecule has 1 atom stereocenters. The molecule has 1 aromatic heterocycles. The molecule has 1 saturated heterocycles. The van der Waals surface area contributed by atoms with Gasteiger partial charge in [-0.3, -0.25) is 9.48 Å². The number of rotatable bonds is 3. The summed E-state index contributed by atoms with van der Waals surface area (Å²) in [6.45, 7) is 3.18. The highest BCUT2D eigenvalue weighted by Gasteiger charge is 2.27. The first kappa shape index (κ1) is 15.5. The molecule has 0 spiro atoms. The number of piperidine rings is 1. The van der Waals surface area contributed by atoms with Gasteiger partial charge in [0.05, 0.1) is 24.9 Å². The van der Waals surface area contributed by atoms with Crippen molar-refractivity contribution < 1.29 is 13.9 Å². The number of halogens is 1. The fourth-order valence-electron chi connectivity index (χ4n) is 2.95. The summed E-state index contributed by atoms with van der Waals surface area (Å²) in [4.78, 5) is 14.3. The van der Waals surface area contributed by atoms with Crippen molar-refractivity contribution >= 4 is 5.91 Å². The van der Waals surface area contributed by atoms with Crippen molar-refractivity contribution in [2.24, 2.45) is 0 Å². The standard InChI is InChI=1S/C17H20FN3O2/c1-12-9-19-21(10-12)13-4-3-7-20(11-13)17(22)15-6-5-14(23-2)8-16(15)18/h5-6,8-10,13H,3-4,7,11H2,1-2H3/t13-/m0/s1. The Bertz CT molecular complexity index is 714. The minimum atomic E-state index is -0.550. The molecule has 23 heavy (non-hydrogen) atoms. The number of methoxy groups -OCH3 is 1. The zero-order valence-corrected chi connectivity index (χ0v) is 13.3. The van der Waals surface area contributed by atoms with Crippen LogP contribution in [-0.4, -0.2) is 40.8 Å². The van der Waals surface area contributed by atoms with Crippen LogP contribution in [0.1, 0.15) is 34.8 Å². The molecule has 1 aromatic carbocycles. The topological polar surface area (TPSA) is 47.4 Å². The molecule has 0 unspecified atom stereocenters. The maximum Gasteiger partial charge on any atom is 0.256 e. The second kappa shape index (κ2) is 6.40. The third-order valence-corrected chi connectivity index (χ3v) is 4.20. The van der Waals surface area contributed by atoms with Crippen LogP contribution >= 0.6 is 0 Å². The lowest BCUT2D eigenvalue weighted by Crippen LogP contribution is -2.41. The second-order valence-electron chi connectivity index (χ2n) is 5.89. The summed E-state index contributed by atoms with van der Waals surface area (Å²) in [6, 6.07) is 4.47.